The molecule has 1 unspecified atom stereocenters. The summed E-state index contributed by atoms with van der Waals surface area (Å²) in [7, 11) is 1.79. The summed E-state index contributed by atoms with van der Waals surface area (Å²) in [5, 5.41) is 3.04. The molecule has 0 saturated heterocycles. The molecule has 1 N–H and O–H groups in total. The van der Waals surface area contributed by atoms with E-state index >= 15 is 0 Å². The van der Waals surface area contributed by atoms with Crippen LogP contribution >= 0.6 is 0 Å². The fraction of sp³-hybridized carbons (Fsp3) is 0.929. The Morgan fingerprint density at radius 1 is 1.39 bits per heavy atom. The highest BCUT2D eigenvalue weighted by Crippen LogP contribution is 2.24. The second-order valence-electron chi connectivity index (χ2n) is 5.28. The quantitative estimate of drug-likeness (QED) is 0.534. The van der Waals surface area contributed by atoms with E-state index in [2.05, 4.69) is 5.32 Å². The summed E-state index contributed by atoms with van der Waals surface area (Å²) in [6.07, 6.45) is 5.91. The summed E-state index contributed by atoms with van der Waals surface area (Å²) in [5.41, 5.74) is -0.633. The Balaban J connectivity index is 2.23. The van der Waals surface area contributed by atoms with Crippen molar-refractivity contribution in [2.24, 2.45) is 5.92 Å². The second kappa shape index (κ2) is 7.74. The Morgan fingerprint density at radius 3 is 2.61 bits per heavy atom. The molecule has 18 heavy (non-hydrogen) atoms. The van der Waals surface area contributed by atoms with Crippen molar-refractivity contribution >= 4 is 5.97 Å². The van der Waals surface area contributed by atoms with Gasteiger partial charge in [-0.05, 0) is 46.1 Å². The maximum Gasteiger partial charge on any atom is 0.326 e. The van der Waals surface area contributed by atoms with Crippen LogP contribution in [0.2, 0.25) is 0 Å². The zero-order chi connectivity index (χ0) is 13.4. The normalized spacial score (nSPS) is 19.7. The predicted octanol–water partition coefficient (Wildman–Crippen LogP) is 2.12. The Bertz CT molecular complexity index is 251. The molecule has 1 fully saturated rings. The molecule has 4 nitrogen and oxygen atoms in total. The maximum atomic E-state index is 11.8. The summed E-state index contributed by atoms with van der Waals surface area (Å²) in [4.78, 5) is 11.8. The lowest BCUT2D eigenvalue weighted by molar-refractivity contribution is -0.151. The van der Waals surface area contributed by atoms with Crippen molar-refractivity contribution in [1.29, 1.82) is 0 Å². The molecule has 0 spiro atoms. The fourth-order valence-corrected chi connectivity index (χ4v) is 2.32. The zero-order valence-electron chi connectivity index (χ0n) is 12.0. The Hall–Kier alpha value is -0.610. The van der Waals surface area contributed by atoms with Gasteiger partial charge in [-0.15, -0.1) is 0 Å². The molecule has 106 valence electrons. The van der Waals surface area contributed by atoms with Gasteiger partial charge in [-0.25, -0.2) is 0 Å². The molecule has 1 atom stereocenters. The van der Waals surface area contributed by atoms with E-state index in [0.717, 1.165) is 12.5 Å². The molecule has 0 heterocycles. The van der Waals surface area contributed by atoms with Crippen molar-refractivity contribution in [2.45, 2.75) is 51.5 Å². The van der Waals surface area contributed by atoms with Gasteiger partial charge in [0.1, 0.15) is 5.54 Å². The highest BCUT2D eigenvalue weighted by molar-refractivity contribution is 5.80. The number of hydrogen-bond acceptors (Lipinski definition) is 4. The van der Waals surface area contributed by atoms with Crippen LogP contribution in [0.15, 0.2) is 0 Å². The third-order valence-electron chi connectivity index (χ3n) is 3.85. The molecule has 0 radical (unpaired) electrons. The van der Waals surface area contributed by atoms with Gasteiger partial charge in [-0.3, -0.25) is 4.79 Å². The minimum atomic E-state index is -0.633. The number of esters is 1. The molecule has 1 rings (SSSR count). The average Bonchev–Trinajstić information content (AvgIpc) is 2.87. The van der Waals surface area contributed by atoms with Crippen molar-refractivity contribution in [2.75, 3.05) is 26.9 Å². The van der Waals surface area contributed by atoms with E-state index in [4.69, 9.17) is 9.47 Å². The molecular formula is C14H27NO3. The van der Waals surface area contributed by atoms with Crippen LogP contribution in [0, 0.1) is 5.92 Å². The van der Waals surface area contributed by atoms with Crippen molar-refractivity contribution in [3.05, 3.63) is 0 Å². The summed E-state index contributed by atoms with van der Waals surface area (Å²) in [6, 6.07) is 0. The molecule has 1 aliphatic carbocycles. The van der Waals surface area contributed by atoms with E-state index in [-0.39, 0.29) is 5.97 Å². The van der Waals surface area contributed by atoms with Crippen LogP contribution in [0.25, 0.3) is 0 Å². The number of rotatable bonds is 8. The van der Waals surface area contributed by atoms with E-state index in [9.17, 15) is 4.79 Å². The van der Waals surface area contributed by atoms with Gasteiger partial charge in [0.05, 0.1) is 6.61 Å². The van der Waals surface area contributed by atoms with Crippen molar-refractivity contribution in [3.63, 3.8) is 0 Å². The number of carbonyl (C=O) groups is 1. The summed E-state index contributed by atoms with van der Waals surface area (Å²) in [6.45, 7) is 5.54. The highest BCUT2D eigenvalue weighted by atomic mass is 16.5. The van der Waals surface area contributed by atoms with Gasteiger partial charge < -0.3 is 14.8 Å². The van der Waals surface area contributed by atoms with E-state index < -0.39 is 5.54 Å². The van der Waals surface area contributed by atoms with E-state index in [0.29, 0.717) is 19.6 Å². The summed E-state index contributed by atoms with van der Waals surface area (Å²) >= 11 is 0. The Labute approximate surface area is 110 Å². The smallest absolute Gasteiger partial charge is 0.326 e. The molecule has 0 bridgehead atoms. The van der Waals surface area contributed by atoms with Gasteiger partial charge in [0.25, 0.3) is 0 Å². The maximum absolute atomic E-state index is 11.8. The number of likely N-dealkylation sites (N-methyl/N-ethyl adjacent to an activating group) is 1. The second-order valence-corrected chi connectivity index (χ2v) is 5.28. The van der Waals surface area contributed by atoms with Crippen LogP contribution in [-0.4, -0.2) is 38.4 Å². The van der Waals surface area contributed by atoms with Crippen LogP contribution < -0.4 is 5.32 Å². The fourth-order valence-electron chi connectivity index (χ4n) is 2.32. The SMILES string of the molecule is CCOC(=O)C(C)(CCOCC1CCCC1)NC. The van der Waals surface area contributed by atoms with Crippen LogP contribution in [0.1, 0.15) is 46.0 Å². The first-order valence-corrected chi connectivity index (χ1v) is 7.06. The van der Waals surface area contributed by atoms with Crippen LogP contribution in [0.5, 0.6) is 0 Å². The van der Waals surface area contributed by atoms with E-state index in [1.165, 1.54) is 25.7 Å². The monoisotopic (exact) mass is 257 g/mol. The molecule has 0 aliphatic heterocycles. The van der Waals surface area contributed by atoms with Crippen molar-refractivity contribution in [3.8, 4) is 0 Å². The molecule has 1 aliphatic rings. The Kier molecular flexibility index (Phi) is 6.65. The molecule has 1 saturated carbocycles. The van der Waals surface area contributed by atoms with Gasteiger partial charge in [-0.1, -0.05) is 12.8 Å². The van der Waals surface area contributed by atoms with Gasteiger partial charge in [0.2, 0.25) is 0 Å². The number of nitrogens with one attached hydrogen (secondary N) is 1. The topological polar surface area (TPSA) is 47.6 Å². The Morgan fingerprint density at radius 2 is 2.06 bits per heavy atom. The molecule has 0 aromatic carbocycles. The summed E-state index contributed by atoms with van der Waals surface area (Å²) < 4.78 is 10.8. The molecule has 0 aromatic heterocycles. The molecule has 0 aromatic rings. The predicted molar refractivity (Wildman–Crippen MR) is 71.5 cm³/mol. The van der Waals surface area contributed by atoms with E-state index in [1.807, 2.05) is 13.8 Å². The van der Waals surface area contributed by atoms with Crippen LogP contribution in [-0.2, 0) is 14.3 Å². The summed E-state index contributed by atoms with van der Waals surface area (Å²) in [5.74, 6) is 0.533. The first-order chi connectivity index (χ1) is 8.62. The molecule has 4 heteroatoms. The minimum absolute atomic E-state index is 0.197. The zero-order valence-corrected chi connectivity index (χ0v) is 12.0. The van der Waals surface area contributed by atoms with Gasteiger partial charge in [-0.2, -0.15) is 0 Å². The number of hydrogen-bond donors (Lipinski definition) is 1. The first kappa shape index (κ1) is 15.4. The first-order valence-electron chi connectivity index (χ1n) is 7.06. The highest BCUT2D eigenvalue weighted by Gasteiger charge is 2.32. The lowest BCUT2D eigenvalue weighted by atomic mass is 9.99. The largest absolute Gasteiger partial charge is 0.465 e. The van der Waals surface area contributed by atoms with Crippen molar-refractivity contribution in [1.82, 2.24) is 5.32 Å². The third-order valence-corrected chi connectivity index (χ3v) is 3.85. The van der Waals surface area contributed by atoms with Gasteiger partial charge in [0.15, 0.2) is 0 Å². The lowest BCUT2D eigenvalue weighted by Gasteiger charge is -2.26. The molecule has 0 amide bonds. The van der Waals surface area contributed by atoms with Crippen LogP contribution in [0.4, 0.5) is 0 Å². The van der Waals surface area contributed by atoms with Crippen LogP contribution in [0.3, 0.4) is 0 Å². The van der Waals surface area contributed by atoms with Crippen molar-refractivity contribution < 1.29 is 14.3 Å². The standard InChI is InChI=1S/C14H27NO3/c1-4-18-13(16)14(2,15-3)9-10-17-11-12-7-5-6-8-12/h12,15H,4-11H2,1-3H3. The van der Waals surface area contributed by atoms with Gasteiger partial charge >= 0.3 is 5.97 Å². The number of ether oxygens (including phenoxy) is 2. The molecular weight excluding hydrogens is 230 g/mol. The number of carbonyl (C=O) groups excluding carboxylic acids is 1. The minimum Gasteiger partial charge on any atom is -0.465 e. The van der Waals surface area contributed by atoms with Gasteiger partial charge in [0, 0.05) is 13.2 Å². The lowest BCUT2D eigenvalue weighted by Crippen LogP contribution is -2.49. The third kappa shape index (κ3) is 4.58. The average molecular weight is 257 g/mol. The van der Waals surface area contributed by atoms with E-state index in [1.54, 1.807) is 7.05 Å².